The molecule has 0 bridgehead atoms. The highest BCUT2D eigenvalue weighted by atomic mass is 35.5. The lowest BCUT2D eigenvalue weighted by atomic mass is 9.95. The second-order valence-corrected chi connectivity index (χ2v) is 8.30. The highest BCUT2D eigenvalue weighted by Crippen LogP contribution is 2.43. The van der Waals surface area contributed by atoms with Gasteiger partial charge in [-0.1, -0.05) is 41.4 Å². The number of carbonyl (C=O) groups is 2. The lowest BCUT2D eigenvalue weighted by Gasteiger charge is -2.26. The van der Waals surface area contributed by atoms with Gasteiger partial charge in [0.25, 0.3) is 17.4 Å². The Kier molecular flexibility index (Phi) is 5.93. The number of amides is 1. The minimum atomic E-state index is -0.962. The van der Waals surface area contributed by atoms with Crippen LogP contribution < -0.4 is 4.90 Å². The van der Waals surface area contributed by atoms with Crippen LogP contribution >= 0.6 is 23.2 Å². The summed E-state index contributed by atoms with van der Waals surface area (Å²) in [6.07, 6.45) is 0. The number of nitro benzene ring substituents is 1. The Bertz CT molecular complexity index is 1320. The van der Waals surface area contributed by atoms with E-state index in [4.69, 9.17) is 23.2 Å². The molecule has 33 heavy (non-hydrogen) atoms. The van der Waals surface area contributed by atoms with E-state index in [-0.39, 0.29) is 16.8 Å². The van der Waals surface area contributed by atoms with E-state index in [1.54, 1.807) is 42.5 Å². The van der Waals surface area contributed by atoms with E-state index < -0.39 is 28.4 Å². The standard InChI is InChI=1S/C24H16Cl2N2O5/c1-13-2-9-18(12-19(13)26)27-21(14-3-7-16(25)8-4-14)20(23(30)24(27)31)22(29)15-5-10-17(11-6-15)28(32)33/h2-12,21,29H,1H3/b22-20+. The molecule has 1 fully saturated rings. The summed E-state index contributed by atoms with van der Waals surface area (Å²) in [6.45, 7) is 1.81. The van der Waals surface area contributed by atoms with Gasteiger partial charge in [0.15, 0.2) is 0 Å². The number of rotatable bonds is 4. The van der Waals surface area contributed by atoms with Crippen LogP contribution in [0.3, 0.4) is 0 Å². The smallest absolute Gasteiger partial charge is 0.300 e. The van der Waals surface area contributed by atoms with Crippen molar-refractivity contribution in [1.82, 2.24) is 0 Å². The molecule has 1 unspecified atom stereocenters. The predicted octanol–water partition coefficient (Wildman–Crippen LogP) is 5.84. The fraction of sp³-hybridized carbons (Fsp3) is 0.0833. The average molecular weight is 483 g/mol. The topological polar surface area (TPSA) is 101 Å². The Morgan fingerprint density at radius 3 is 2.21 bits per heavy atom. The van der Waals surface area contributed by atoms with Crippen LogP contribution in [0.2, 0.25) is 10.0 Å². The van der Waals surface area contributed by atoms with Gasteiger partial charge in [-0.2, -0.15) is 0 Å². The molecule has 1 aliphatic heterocycles. The molecule has 0 spiro atoms. The van der Waals surface area contributed by atoms with Crippen LogP contribution in [0.15, 0.2) is 72.3 Å². The van der Waals surface area contributed by atoms with Crippen molar-refractivity contribution < 1.29 is 19.6 Å². The number of non-ortho nitro benzene ring substituents is 1. The quantitative estimate of drug-likeness (QED) is 0.165. The fourth-order valence-electron chi connectivity index (χ4n) is 3.69. The van der Waals surface area contributed by atoms with Gasteiger partial charge >= 0.3 is 0 Å². The maximum Gasteiger partial charge on any atom is 0.300 e. The lowest BCUT2D eigenvalue weighted by Crippen LogP contribution is -2.29. The number of ketones is 1. The van der Waals surface area contributed by atoms with Crippen molar-refractivity contribution in [3.05, 3.63) is 109 Å². The van der Waals surface area contributed by atoms with Crippen LogP contribution in [0.5, 0.6) is 0 Å². The summed E-state index contributed by atoms with van der Waals surface area (Å²) in [5.41, 5.74) is 1.57. The molecular formula is C24H16Cl2N2O5. The van der Waals surface area contributed by atoms with Crippen molar-refractivity contribution in [3.63, 3.8) is 0 Å². The number of aryl methyl sites for hydroxylation is 1. The molecule has 3 aromatic rings. The zero-order valence-corrected chi connectivity index (χ0v) is 18.7. The number of aliphatic hydroxyl groups is 1. The van der Waals surface area contributed by atoms with Crippen molar-refractivity contribution in [2.75, 3.05) is 4.90 Å². The van der Waals surface area contributed by atoms with E-state index >= 15 is 0 Å². The molecule has 9 heteroatoms. The van der Waals surface area contributed by atoms with Gasteiger partial charge in [0.2, 0.25) is 0 Å². The molecule has 1 amide bonds. The number of hydrogen-bond donors (Lipinski definition) is 1. The maximum atomic E-state index is 13.1. The molecule has 0 saturated carbocycles. The molecule has 1 N–H and O–H groups in total. The van der Waals surface area contributed by atoms with E-state index in [1.807, 2.05) is 6.92 Å². The third-order valence-corrected chi connectivity index (χ3v) is 6.07. The van der Waals surface area contributed by atoms with Crippen LogP contribution in [0, 0.1) is 17.0 Å². The number of Topliss-reactive ketones (excluding diaryl/α,β-unsaturated/α-hetero) is 1. The third-order valence-electron chi connectivity index (χ3n) is 5.42. The number of anilines is 1. The highest BCUT2D eigenvalue weighted by Gasteiger charge is 2.47. The number of aliphatic hydroxyl groups excluding tert-OH is 1. The van der Waals surface area contributed by atoms with E-state index in [0.717, 1.165) is 5.56 Å². The first-order valence-corrected chi connectivity index (χ1v) is 10.5. The largest absolute Gasteiger partial charge is 0.507 e. The zero-order valence-electron chi connectivity index (χ0n) is 17.2. The van der Waals surface area contributed by atoms with Crippen molar-refractivity contribution in [3.8, 4) is 0 Å². The second-order valence-electron chi connectivity index (χ2n) is 7.46. The molecule has 7 nitrogen and oxygen atoms in total. The first kappa shape index (κ1) is 22.5. The molecule has 0 aromatic heterocycles. The van der Waals surface area contributed by atoms with Gasteiger partial charge in [0.05, 0.1) is 16.5 Å². The van der Waals surface area contributed by atoms with Gasteiger partial charge in [0.1, 0.15) is 5.76 Å². The number of halogens is 2. The summed E-state index contributed by atoms with van der Waals surface area (Å²) in [4.78, 5) is 37.9. The minimum Gasteiger partial charge on any atom is -0.507 e. The first-order valence-electron chi connectivity index (χ1n) is 9.76. The van der Waals surface area contributed by atoms with Gasteiger partial charge in [-0.3, -0.25) is 24.6 Å². The van der Waals surface area contributed by atoms with Gasteiger partial charge in [0, 0.05) is 33.4 Å². The van der Waals surface area contributed by atoms with Gasteiger partial charge in [-0.05, 0) is 54.4 Å². The maximum absolute atomic E-state index is 13.1. The summed E-state index contributed by atoms with van der Waals surface area (Å²) in [7, 11) is 0. The molecule has 1 aliphatic rings. The first-order chi connectivity index (χ1) is 15.7. The number of carbonyl (C=O) groups excluding carboxylic acids is 2. The van der Waals surface area contributed by atoms with E-state index in [2.05, 4.69) is 0 Å². The molecule has 0 radical (unpaired) electrons. The van der Waals surface area contributed by atoms with Crippen LogP contribution in [0.1, 0.15) is 22.7 Å². The predicted molar refractivity (Wildman–Crippen MR) is 126 cm³/mol. The van der Waals surface area contributed by atoms with E-state index in [0.29, 0.717) is 21.3 Å². The molecular weight excluding hydrogens is 467 g/mol. The molecule has 3 aromatic carbocycles. The molecule has 4 rings (SSSR count). The third kappa shape index (κ3) is 4.08. The number of nitrogens with zero attached hydrogens (tertiary/aromatic N) is 2. The second kappa shape index (κ2) is 8.69. The van der Waals surface area contributed by atoms with Crippen LogP contribution in [0.4, 0.5) is 11.4 Å². The van der Waals surface area contributed by atoms with Crippen molar-refractivity contribution >= 4 is 52.0 Å². The summed E-state index contributed by atoms with van der Waals surface area (Å²) in [5, 5.41) is 22.9. The summed E-state index contributed by atoms with van der Waals surface area (Å²) in [6, 6.07) is 15.6. The molecule has 1 atom stereocenters. The SMILES string of the molecule is Cc1ccc(N2C(=O)C(=O)/C(=C(/O)c3ccc([N+](=O)[O-])cc3)C2c2ccc(Cl)cc2)cc1Cl. The van der Waals surface area contributed by atoms with Crippen molar-refractivity contribution in [1.29, 1.82) is 0 Å². The van der Waals surface area contributed by atoms with Gasteiger partial charge in [-0.15, -0.1) is 0 Å². The molecule has 166 valence electrons. The molecule has 0 aliphatic carbocycles. The summed E-state index contributed by atoms with van der Waals surface area (Å²) >= 11 is 12.3. The number of nitro groups is 1. The van der Waals surface area contributed by atoms with Crippen LogP contribution in [-0.4, -0.2) is 21.7 Å². The molecule has 1 saturated heterocycles. The highest BCUT2D eigenvalue weighted by molar-refractivity contribution is 6.51. The number of benzene rings is 3. The minimum absolute atomic E-state index is 0.145. The lowest BCUT2D eigenvalue weighted by molar-refractivity contribution is -0.384. The monoisotopic (exact) mass is 482 g/mol. The summed E-state index contributed by atoms with van der Waals surface area (Å²) in [5.74, 6) is -2.16. The van der Waals surface area contributed by atoms with E-state index in [1.165, 1.54) is 29.2 Å². The summed E-state index contributed by atoms with van der Waals surface area (Å²) < 4.78 is 0. The Labute approximate surface area is 198 Å². The van der Waals surface area contributed by atoms with Crippen molar-refractivity contribution in [2.45, 2.75) is 13.0 Å². The van der Waals surface area contributed by atoms with Crippen LogP contribution in [0.25, 0.3) is 5.76 Å². The van der Waals surface area contributed by atoms with E-state index in [9.17, 15) is 24.8 Å². The van der Waals surface area contributed by atoms with Gasteiger partial charge < -0.3 is 5.11 Å². The normalized spacial score (nSPS) is 17.4. The van der Waals surface area contributed by atoms with Gasteiger partial charge in [-0.25, -0.2) is 0 Å². The Morgan fingerprint density at radius 2 is 1.64 bits per heavy atom. The Balaban J connectivity index is 1.92. The fourth-order valence-corrected chi connectivity index (χ4v) is 3.99. The average Bonchev–Trinajstić information content (AvgIpc) is 3.06. The van der Waals surface area contributed by atoms with Crippen molar-refractivity contribution in [2.24, 2.45) is 0 Å². The number of hydrogen-bond acceptors (Lipinski definition) is 5. The Morgan fingerprint density at radius 1 is 1.00 bits per heavy atom. The van der Waals surface area contributed by atoms with Crippen LogP contribution in [-0.2, 0) is 9.59 Å². The Hall–Kier alpha value is -3.68. The zero-order chi connectivity index (χ0) is 23.9. The molecule has 1 heterocycles.